The summed E-state index contributed by atoms with van der Waals surface area (Å²) in [4.78, 5) is 12.9. The average molecular weight is 347 g/mol. The zero-order valence-corrected chi connectivity index (χ0v) is 15.8. The second-order valence-electron chi connectivity index (χ2n) is 6.77. The van der Waals surface area contributed by atoms with Gasteiger partial charge in [0.15, 0.2) is 0 Å². The predicted molar refractivity (Wildman–Crippen MR) is 106 cm³/mol. The largest absolute Gasteiger partial charge is 0.348 e. The molecule has 0 aliphatic rings. The van der Waals surface area contributed by atoms with E-state index < -0.39 is 0 Å². The monoisotopic (exact) mass is 347 g/mol. The predicted octanol–water partition coefficient (Wildman–Crippen LogP) is 4.68. The van der Waals surface area contributed by atoms with Crippen LogP contribution < -0.4 is 5.32 Å². The van der Waals surface area contributed by atoms with E-state index in [-0.39, 0.29) is 11.9 Å². The van der Waals surface area contributed by atoms with Crippen molar-refractivity contribution in [1.82, 2.24) is 15.1 Å². The third-order valence-electron chi connectivity index (χ3n) is 4.59. The highest BCUT2D eigenvalue weighted by molar-refractivity contribution is 5.94. The van der Waals surface area contributed by atoms with E-state index >= 15 is 0 Å². The first-order valence-electron chi connectivity index (χ1n) is 9.03. The van der Waals surface area contributed by atoms with Gasteiger partial charge >= 0.3 is 0 Å². The van der Waals surface area contributed by atoms with Gasteiger partial charge in [-0.15, -0.1) is 0 Å². The first-order valence-corrected chi connectivity index (χ1v) is 9.03. The number of aromatic nitrogens is 2. The molecule has 0 fully saturated rings. The van der Waals surface area contributed by atoms with Crippen LogP contribution in [-0.2, 0) is 0 Å². The number of carbonyl (C=O) groups excluding carboxylic acids is 1. The summed E-state index contributed by atoms with van der Waals surface area (Å²) in [5.41, 5.74) is 5.49. The fraction of sp³-hybridized carbons (Fsp3) is 0.273. The highest BCUT2D eigenvalue weighted by atomic mass is 16.2. The van der Waals surface area contributed by atoms with Crippen LogP contribution in [0.25, 0.3) is 16.9 Å². The molecule has 0 radical (unpaired) electrons. The maximum atomic E-state index is 12.9. The van der Waals surface area contributed by atoms with Crippen LogP contribution in [0.4, 0.5) is 0 Å². The van der Waals surface area contributed by atoms with Gasteiger partial charge in [0.25, 0.3) is 5.91 Å². The number of hydrogen-bond acceptors (Lipinski definition) is 2. The van der Waals surface area contributed by atoms with Crippen molar-refractivity contribution in [2.45, 2.75) is 40.2 Å². The number of amides is 1. The molecule has 1 amide bonds. The molecule has 0 aliphatic carbocycles. The number of aryl methyl sites for hydroxylation is 2. The van der Waals surface area contributed by atoms with E-state index in [2.05, 4.69) is 30.4 Å². The molecule has 0 aliphatic heterocycles. The summed E-state index contributed by atoms with van der Waals surface area (Å²) in [7, 11) is 0. The van der Waals surface area contributed by atoms with E-state index in [1.165, 1.54) is 0 Å². The third-order valence-corrected chi connectivity index (χ3v) is 4.59. The first kappa shape index (κ1) is 17.9. The Labute approximate surface area is 154 Å². The van der Waals surface area contributed by atoms with Crippen LogP contribution in [0.1, 0.15) is 41.9 Å². The summed E-state index contributed by atoms with van der Waals surface area (Å²) < 4.78 is 1.77. The van der Waals surface area contributed by atoms with Gasteiger partial charge in [0.05, 0.1) is 11.4 Å². The normalized spacial score (nSPS) is 12.0. The van der Waals surface area contributed by atoms with E-state index in [4.69, 9.17) is 5.10 Å². The topological polar surface area (TPSA) is 46.9 Å². The van der Waals surface area contributed by atoms with Crippen LogP contribution in [0.3, 0.4) is 0 Å². The summed E-state index contributed by atoms with van der Waals surface area (Å²) in [6.45, 7) is 8.15. The summed E-state index contributed by atoms with van der Waals surface area (Å²) in [6, 6.07) is 18.1. The molecule has 1 atom stereocenters. The van der Waals surface area contributed by atoms with Gasteiger partial charge in [-0.05, 0) is 50.5 Å². The fourth-order valence-corrected chi connectivity index (χ4v) is 2.82. The Balaban J connectivity index is 2.13. The molecule has 0 bridgehead atoms. The van der Waals surface area contributed by atoms with Crippen LogP contribution in [-0.4, -0.2) is 21.7 Å². The van der Waals surface area contributed by atoms with Gasteiger partial charge in [-0.1, -0.05) is 49.4 Å². The van der Waals surface area contributed by atoms with Crippen molar-refractivity contribution in [3.63, 3.8) is 0 Å². The highest BCUT2D eigenvalue weighted by Crippen LogP contribution is 2.24. The van der Waals surface area contributed by atoms with E-state index in [1.807, 2.05) is 57.2 Å². The Kier molecular flexibility index (Phi) is 5.21. The summed E-state index contributed by atoms with van der Waals surface area (Å²) in [6.07, 6.45) is 0.884. The third kappa shape index (κ3) is 3.69. The average Bonchev–Trinajstić information content (AvgIpc) is 3.09. The molecule has 1 N–H and O–H groups in total. The molecule has 0 saturated carbocycles. The molecule has 1 unspecified atom stereocenters. The molecule has 1 heterocycles. The molecule has 134 valence electrons. The molecule has 26 heavy (non-hydrogen) atoms. The maximum absolute atomic E-state index is 12.9. The lowest BCUT2D eigenvalue weighted by molar-refractivity contribution is 0.0931. The maximum Gasteiger partial charge on any atom is 0.270 e. The van der Waals surface area contributed by atoms with Gasteiger partial charge in [0.2, 0.25) is 0 Å². The molecule has 4 nitrogen and oxygen atoms in total. The van der Waals surface area contributed by atoms with Crippen molar-refractivity contribution in [2.24, 2.45) is 0 Å². The minimum atomic E-state index is -0.102. The lowest BCUT2D eigenvalue weighted by Gasteiger charge is -2.14. The van der Waals surface area contributed by atoms with Crippen molar-refractivity contribution in [3.8, 4) is 16.9 Å². The molecular formula is C22H25N3O. The minimum Gasteiger partial charge on any atom is -0.348 e. The Bertz CT molecular complexity index is 912. The number of hydrogen-bond donors (Lipinski definition) is 1. The SMILES string of the molecule is CCC(C)NC(=O)c1cc(-c2ccccc2)nn1-c1cc(C)ccc1C. The van der Waals surface area contributed by atoms with Gasteiger partial charge in [0.1, 0.15) is 5.69 Å². The van der Waals surface area contributed by atoms with E-state index in [9.17, 15) is 4.79 Å². The standard InChI is InChI=1S/C22H25N3O/c1-5-17(4)23-22(26)21-14-19(18-9-7-6-8-10-18)24-25(21)20-13-15(2)11-12-16(20)3/h6-14,17H,5H2,1-4H3,(H,23,26). The molecule has 3 rings (SSSR count). The van der Waals surface area contributed by atoms with E-state index in [0.717, 1.165) is 34.5 Å². The fourth-order valence-electron chi connectivity index (χ4n) is 2.82. The first-order chi connectivity index (χ1) is 12.5. The molecule has 1 aromatic heterocycles. The van der Waals surface area contributed by atoms with Gasteiger partial charge in [-0.3, -0.25) is 4.79 Å². The molecule has 2 aromatic carbocycles. The molecule has 4 heteroatoms. The van der Waals surface area contributed by atoms with E-state index in [0.29, 0.717) is 5.69 Å². The lowest BCUT2D eigenvalue weighted by Crippen LogP contribution is -2.33. The Morgan fingerprint density at radius 1 is 1.12 bits per heavy atom. The van der Waals surface area contributed by atoms with Crippen molar-refractivity contribution in [2.75, 3.05) is 0 Å². The van der Waals surface area contributed by atoms with Crippen LogP contribution in [0.5, 0.6) is 0 Å². The van der Waals surface area contributed by atoms with Crippen molar-refractivity contribution >= 4 is 5.91 Å². The molecular weight excluding hydrogens is 322 g/mol. The van der Waals surface area contributed by atoms with Crippen LogP contribution >= 0.6 is 0 Å². The van der Waals surface area contributed by atoms with Crippen LogP contribution in [0, 0.1) is 13.8 Å². The van der Waals surface area contributed by atoms with Gasteiger partial charge in [-0.25, -0.2) is 4.68 Å². The van der Waals surface area contributed by atoms with Crippen LogP contribution in [0.2, 0.25) is 0 Å². The second kappa shape index (κ2) is 7.56. The zero-order chi connectivity index (χ0) is 18.7. The van der Waals surface area contributed by atoms with Gasteiger partial charge in [0, 0.05) is 11.6 Å². The quantitative estimate of drug-likeness (QED) is 0.728. The number of rotatable bonds is 5. The van der Waals surface area contributed by atoms with Crippen molar-refractivity contribution in [1.29, 1.82) is 0 Å². The number of carbonyl (C=O) groups is 1. The number of benzene rings is 2. The lowest BCUT2D eigenvalue weighted by atomic mass is 10.1. The van der Waals surface area contributed by atoms with Gasteiger partial charge in [-0.2, -0.15) is 5.10 Å². The minimum absolute atomic E-state index is 0.102. The van der Waals surface area contributed by atoms with Crippen LogP contribution in [0.15, 0.2) is 54.6 Å². The Morgan fingerprint density at radius 2 is 1.85 bits per heavy atom. The summed E-state index contributed by atoms with van der Waals surface area (Å²) in [5.74, 6) is -0.102. The summed E-state index contributed by atoms with van der Waals surface area (Å²) >= 11 is 0. The second-order valence-corrected chi connectivity index (χ2v) is 6.77. The Morgan fingerprint density at radius 3 is 2.54 bits per heavy atom. The smallest absolute Gasteiger partial charge is 0.270 e. The van der Waals surface area contributed by atoms with E-state index in [1.54, 1.807) is 4.68 Å². The van der Waals surface area contributed by atoms with Crippen molar-refractivity contribution < 1.29 is 4.79 Å². The number of nitrogens with zero attached hydrogens (tertiary/aromatic N) is 2. The van der Waals surface area contributed by atoms with Crippen molar-refractivity contribution in [3.05, 3.63) is 71.4 Å². The number of nitrogens with one attached hydrogen (secondary N) is 1. The highest BCUT2D eigenvalue weighted by Gasteiger charge is 2.19. The molecule has 3 aromatic rings. The molecule has 0 saturated heterocycles. The van der Waals surface area contributed by atoms with Gasteiger partial charge < -0.3 is 5.32 Å². The summed E-state index contributed by atoms with van der Waals surface area (Å²) in [5, 5.41) is 7.82. The zero-order valence-electron chi connectivity index (χ0n) is 15.8. The molecule has 0 spiro atoms. The Hall–Kier alpha value is -2.88.